The van der Waals surface area contributed by atoms with Crippen molar-refractivity contribution < 1.29 is 9.18 Å². The van der Waals surface area contributed by atoms with Crippen LogP contribution in [-0.4, -0.2) is 34.4 Å². The third-order valence-corrected chi connectivity index (χ3v) is 7.10. The molecule has 2 bridgehead atoms. The Balaban J connectivity index is 1.63. The minimum absolute atomic E-state index is 0.147. The van der Waals surface area contributed by atoms with Gasteiger partial charge >= 0.3 is 0 Å². The lowest BCUT2D eigenvalue weighted by molar-refractivity contribution is 0.0607. The number of rotatable bonds is 2. The molecule has 2 aliphatic heterocycles. The molecular formula is C17H18FNOS2. The Kier molecular flexibility index (Phi) is 3.65. The molecule has 2 unspecified atom stereocenters. The third kappa shape index (κ3) is 2.35. The Morgan fingerprint density at radius 3 is 2.68 bits per heavy atom. The van der Waals surface area contributed by atoms with E-state index < -0.39 is 0 Å². The number of carbonyl (C=O) groups is 1. The van der Waals surface area contributed by atoms with Crippen LogP contribution in [0.1, 0.15) is 35.4 Å². The van der Waals surface area contributed by atoms with E-state index in [0.717, 1.165) is 40.6 Å². The highest BCUT2D eigenvalue weighted by Crippen LogP contribution is 2.41. The Labute approximate surface area is 137 Å². The Hall–Kier alpha value is -1.07. The van der Waals surface area contributed by atoms with Crippen LogP contribution in [0.25, 0.3) is 10.1 Å². The van der Waals surface area contributed by atoms with E-state index in [1.807, 2.05) is 17.8 Å². The second-order valence-corrected chi connectivity index (χ2v) is 8.44. The van der Waals surface area contributed by atoms with Gasteiger partial charge in [0.05, 0.1) is 4.88 Å². The minimum atomic E-state index is -0.245. The SMILES string of the molecule is CSC1CC2CCC(C1)N2C(=O)c1cc2cc(F)ccc2s1. The van der Waals surface area contributed by atoms with Crippen molar-refractivity contribution in [3.05, 3.63) is 35.0 Å². The van der Waals surface area contributed by atoms with Crippen LogP contribution in [0.4, 0.5) is 4.39 Å². The first-order chi connectivity index (χ1) is 10.7. The number of hydrogen-bond acceptors (Lipinski definition) is 3. The zero-order chi connectivity index (χ0) is 15.3. The number of thioether (sulfide) groups is 1. The van der Waals surface area contributed by atoms with Gasteiger partial charge in [-0.2, -0.15) is 11.8 Å². The molecule has 2 aromatic rings. The van der Waals surface area contributed by atoms with E-state index in [4.69, 9.17) is 0 Å². The number of nitrogens with zero attached hydrogens (tertiary/aromatic N) is 1. The van der Waals surface area contributed by atoms with Gasteiger partial charge in [-0.1, -0.05) is 0 Å². The number of hydrogen-bond donors (Lipinski definition) is 0. The second-order valence-electron chi connectivity index (χ2n) is 6.22. The molecular weight excluding hydrogens is 317 g/mol. The lowest BCUT2D eigenvalue weighted by Crippen LogP contribution is -2.47. The summed E-state index contributed by atoms with van der Waals surface area (Å²) >= 11 is 3.41. The van der Waals surface area contributed by atoms with Gasteiger partial charge < -0.3 is 4.90 Å². The molecule has 2 fully saturated rings. The van der Waals surface area contributed by atoms with Crippen LogP contribution in [0.2, 0.25) is 0 Å². The van der Waals surface area contributed by atoms with Crippen LogP contribution in [0.3, 0.4) is 0 Å². The van der Waals surface area contributed by atoms with Gasteiger partial charge in [-0.05, 0) is 61.6 Å². The molecule has 4 rings (SSSR count). The predicted molar refractivity (Wildman–Crippen MR) is 91.3 cm³/mol. The number of halogens is 1. The zero-order valence-corrected chi connectivity index (χ0v) is 14.1. The molecule has 0 spiro atoms. The molecule has 2 nitrogen and oxygen atoms in total. The molecule has 2 saturated heterocycles. The summed E-state index contributed by atoms with van der Waals surface area (Å²) in [6.07, 6.45) is 6.66. The van der Waals surface area contributed by atoms with E-state index in [-0.39, 0.29) is 11.7 Å². The molecule has 0 radical (unpaired) electrons. The van der Waals surface area contributed by atoms with E-state index in [2.05, 4.69) is 11.2 Å². The van der Waals surface area contributed by atoms with Crippen molar-refractivity contribution in [2.75, 3.05) is 6.26 Å². The fourth-order valence-electron chi connectivity index (χ4n) is 3.90. The summed E-state index contributed by atoms with van der Waals surface area (Å²) in [5, 5.41) is 1.53. The first kappa shape index (κ1) is 14.5. The smallest absolute Gasteiger partial charge is 0.264 e. The largest absolute Gasteiger partial charge is 0.332 e. The summed E-state index contributed by atoms with van der Waals surface area (Å²) in [4.78, 5) is 15.8. The van der Waals surface area contributed by atoms with Crippen molar-refractivity contribution >= 4 is 39.1 Å². The maximum atomic E-state index is 13.3. The van der Waals surface area contributed by atoms with Gasteiger partial charge in [0.1, 0.15) is 5.82 Å². The van der Waals surface area contributed by atoms with E-state index in [0.29, 0.717) is 17.3 Å². The molecule has 1 aromatic carbocycles. The molecule has 3 heterocycles. The number of piperidine rings is 1. The molecule has 5 heteroatoms. The molecule has 116 valence electrons. The van der Waals surface area contributed by atoms with Gasteiger partial charge in [0.25, 0.3) is 5.91 Å². The summed E-state index contributed by atoms with van der Waals surface area (Å²) in [7, 11) is 0. The van der Waals surface area contributed by atoms with Crippen LogP contribution >= 0.6 is 23.1 Å². The topological polar surface area (TPSA) is 20.3 Å². The standard InChI is InChI=1S/C17H18FNOS2/c1-21-14-8-12-3-4-13(9-14)19(12)17(20)16-7-10-6-11(18)2-5-15(10)22-16/h2,5-7,12-14H,3-4,8-9H2,1H3. The summed E-state index contributed by atoms with van der Waals surface area (Å²) in [5.41, 5.74) is 0. The fraction of sp³-hybridized carbons (Fsp3) is 0.471. The average Bonchev–Trinajstić information content (AvgIpc) is 3.04. The van der Waals surface area contributed by atoms with Gasteiger partial charge in [-0.3, -0.25) is 4.79 Å². The van der Waals surface area contributed by atoms with E-state index in [1.165, 1.54) is 23.5 Å². The second kappa shape index (κ2) is 5.53. The maximum absolute atomic E-state index is 13.3. The van der Waals surface area contributed by atoms with Gasteiger partial charge in [0.2, 0.25) is 0 Å². The number of fused-ring (bicyclic) bond motifs is 3. The van der Waals surface area contributed by atoms with Gasteiger partial charge in [-0.15, -0.1) is 11.3 Å². The molecule has 0 aliphatic carbocycles. The third-order valence-electron chi connectivity index (χ3n) is 4.95. The van der Waals surface area contributed by atoms with Crippen LogP contribution < -0.4 is 0 Å². The Bertz CT molecular complexity index is 715. The fourth-order valence-corrected chi connectivity index (χ4v) is 5.71. The number of amides is 1. The van der Waals surface area contributed by atoms with Crippen LogP contribution in [0, 0.1) is 5.82 Å². The normalized spacial score (nSPS) is 27.5. The van der Waals surface area contributed by atoms with Crippen molar-refractivity contribution in [1.29, 1.82) is 0 Å². The lowest BCUT2D eigenvalue weighted by atomic mass is 10.0. The first-order valence-electron chi connectivity index (χ1n) is 7.70. The quantitative estimate of drug-likeness (QED) is 0.803. The number of benzene rings is 1. The molecule has 1 aromatic heterocycles. The van der Waals surface area contributed by atoms with Gasteiger partial charge in [-0.25, -0.2) is 4.39 Å². The zero-order valence-electron chi connectivity index (χ0n) is 12.4. The first-order valence-corrected chi connectivity index (χ1v) is 9.80. The highest BCUT2D eigenvalue weighted by atomic mass is 32.2. The van der Waals surface area contributed by atoms with E-state index >= 15 is 0 Å². The van der Waals surface area contributed by atoms with Crippen molar-refractivity contribution in [2.45, 2.75) is 43.0 Å². The average molecular weight is 335 g/mol. The Morgan fingerprint density at radius 1 is 1.27 bits per heavy atom. The van der Waals surface area contributed by atoms with Crippen molar-refractivity contribution in [3.8, 4) is 0 Å². The summed E-state index contributed by atoms with van der Waals surface area (Å²) in [6, 6.07) is 7.38. The highest BCUT2D eigenvalue weighted by molar-refractivity contribution is 7.99. The number of carbonyl (C=O) groups excluding carboxylic acids is 1. The van der Waals surface area contributed by atoms with Crippen molar-refractivity contribution in [3.63, 3.8) is 0 Å². The Morgan fingerprint density at radius 2 is 2.00 bits per heavy atom. The maximum Gasteiger partial charge on any atom is 0.264 e. The van der Waals surface area contributed by atoms with E-state index in [1.54, 1.807) is 6.07 Å². The van der Waals surface area contributed by atoms with Gasteiger partial charge in [0.15, 0.2) is 0 Å². The summed E-state index contributed by atoms with van der Waals surface area (Å²) < 4.78 is 14.3. The summed E-state index contributed by atoms with van der Waals surface area (Å²) in [5.74, 6) is -0.0983. The molecule has 0 N–H and O–H groups in total. The van der Waals surface area contributed by atoms with Crippen molar-refractivity contribution in [1.82, 2.24) is 4.90 Å². The molecule has 2 aliphatic rings. The molecule has 22 heavy (non-hydrogen) atoms. The molecule has 2 atom stereocenters. The lowest BCUT2D eigenvalue weighted by Gasteiger charge is -2.38. The number of thiophene rings is 1. The molecule has 1 amide bonds. The van der Waals surface area contributed by atoms with Crippen LogP contribution in [0.5, 0.6) is 0 Å². The minimum Gasteiger partial charge on any atom is -0.332 e. The highest BCUT2D eigenvalue weighted by Gasteiger charge is 2.43. The predicted octanol–water partition coefficient (Wildman–Crippen LogP) is 4.54. The van der Waals surface area contributed by atoms with Gasteiger partial charge in [0, 0.05) is 22.0 Å². The monoisotopic (exact) mass is 335 g/mol. The van der Waals surface area contributed by atoms with Crippen molar-refractivity contribution in [2.24, 2.45) is 0 Å². The van der Waals surface area contributed by atoms with Crippen LogP contribution in [0.15, 0.2) is 24.3 Å². The van der Waals surface area contributed by atoms with E-state index in [9.17, 15) is 9.18 Å². The molecule has 0 saturated carbocycles. The summed E-state index contributed by atoms with van der Waals surface area (Å²) in [6.45, 7) is 0. The van der Waals surface area contributed by atoms with Crippen LogP contribution in [-0.2, 0) is 0 Å².